The van der Waals surface area contributed by atoms with Gasteiger partial charge < -0.3 is 21.6 Å². The summed E-state index contributed by atoms with van der Waals surface area (Å²) in [5, 5.41) is 16.7. The molecule has 2 amide bonds. The number of carbonyl (C=O) groups is 1. The molecule has 7 heteroatoms. The molecule has 17 heavy (non-hydrogen) atoms. The number of halogens is 1. The summed E-state index contributed by atoms with van der Waals surface area (Å²) in [6.07, 6.45) is 0. The SMILES string of the molecule is CC(NC(=O)Nc1ccccc1Cl)/C(N)=N/O. The summed E-state index contributed by atoms with van der Waals surface area (Å²) in [4.78, 5) is 11.5. The molecule has 5 N–H and O–H groups in total. The second-order valence-corrected chi connectivity index (χ2v) is 3.73. The van der Waals surface area contributed by atoms with Crippen LogP contribution in [0.25, 0.3) is 0 Å². The minimum Gasteiger partial charge on any atom is -0.409 e. The van der Waals surface area contributed by atoms with Gasteiger partial charge in [-0.15, -0.1) is 0 Å². The molecule has 0 heterocycles. The highest BCUT2D eigenvalue weighted by Gasteiger charge is 2.11. The van der Waals surface area contributed by atoms with Gasteiger partial charge in [-0.05, 0) is 19.1 Å². The highest BCUT2D eigenvalue weighted by atomic mass is 35.5. The van der Waals surface area contributed by atoms with Crippen LogP contribution in [-0.4, -0.2) is 23.1 Å². The maximum Gasteiger partial charge on any atom is 0.319 e. The number of nitrogens with two attached hydrogens (primary N) is 1. The van der Waals surface area contributed by atoms with Gasteiger partial charge >= 0.3 is 6.03 Å². The Kier molecular flexibility index (Phi) is 4.59. The highest BCUT2D eigenvalue weighted by Crippen LogP contribution is 2.19. The van der Waals surface area contributed by atoms with Crippen LogP contribution in [0.1, 0.15) is 6.92 Å². The average Bonchev–Trinajstić information content (AvgIpc) is 2.31. The molecular formula is C10H13ClN4O2. The molecule has 1 unspecified atom stereocenters. The van der Waals surface area contributed by atoms with Crippen LogP contribution in [0.2, 0.25) is 5.02 Å². The van der Waals surface area contributed by atoms with Crippen LogP contribution < -0.4 is 16.4 Å². The van der Waals surface area contributed by atoms with Gasteiger partial charge in [0.2, 0.25) is 0 Å². The number of benzene rings is 1. The van der Waals surface area contributed by atoms with Gasteiger partial charge in [-0.3, -0.25) is 0 Å². The third kappa shape index (κ3) is 3.84. The van der Waals surface area contributed by atoms with Crippen molar-refractivity contribution in [1.82, 2.24) is 5.32 Å². The molecule has 0 aliphatic rings. The van der Waals surface area contributed by atoms with Crippen LogP contribution in [0, 0.1) is 0 Å². The van der Waals surface area contributed by atoms with E-state index in [4.69, 9.17) is 22.5 Å². The van der Waals surface area contributed by atoms with Gasteiger partial charge in [0.05, 0.1) is 16.8 Å². The summed E-state index contributed by atoms with van der Waals surface area (Å²) >= 11 is 5.86. The third-order valence-corrected chi connectivity index (χ3v) is 2.36. The zero-order valence-corrected chi connectivity index (χ0v) is 9.90. The van der Waals surface area contributed by atoms with Gasteiger partial charge in [0, 0.05) is 0 Å². The smallest absolute Gasteiger partial charge is 0.319 e. The molecule has 1 aromatic rings. The van der Waals surface area contributed by atoms with Crippen LogP contribution >= 0.6 is 11.6 Å². The predicted molar refractivity (Wildman–Crippen MR) is 66.5 cm³/mol. The van der Waals surface area contributed by atoms with Crippen molar-refractivity contribution in [3.8, 4) is 0 Å². The Balaban J connectivity index is 2.59. The number of oxime groups is 1. The Hall–Kier alpha value is -1.95. The average molecular weight is 257 g/mol. The number of para-hydroxylation sites is 1. The van der Waals surface area contributed by atoms with E-state index in [1.165, 1.54) is 0 Å². The summed E-state index contributed by atoms with van der Waals surface area (Å²) in [5.41, 5.74) is 5.80. The normalized spacial score (nSPS) is 12.9. The second kappa shape index (κ2) is 5.95. The molecule has 0 radical (unpaired) electrons. The van der Waals surface area contributed by atoms with Crippen molar-refractivity contribution in [3.05, 3.63) is 29.3 Å². The van der Waals surface area contributed by atoms with Crippen molar-refractivity contribution in [3.63, 3.8) is 0 Å². The lowest BCUT2D eigenvalue weighted by Gasteiger charge is -2.13. The van der Waals surface area contributed by atoms with Gasteiger partial charge in [0.25, 0.3) is 0 Å². The van der Waals surface area contributed by atoms with Crippen LogP contribution in [0.4, 0.5) is 10.5 Å². The van der Waals surface area contributed by atoms with Crippen molar-refractivity contribution in [2.45, 2.75) is 13.0 Å². The number of nitrogens with zero attached hydrogens (tertiary/aromatic N) is 1. The monoisotopic (exact) mass is 256 g/mol. The van der Waals surface area contributed by atoms with Crippen molar-refractivity contribution in [1.29, 1.82) is 0 Å². The predicted octanol–water partition coefficient (Wildman–Crippen LogP) is 1.60. The maximum atomic E-state index is 11.5. The highest BCUT2D eigenvalue weighted by molar-refractivity contribution is 6.33. The van der Waals surface area contributed by atoms with Crippen molar-refractivity contribution >= 4 is 29.2 Å². The number of amides is 2. The lowest BCUT2D eigenvalue weighted by molar-refractivity contribution is 0.251. The van der Waals surface area contributed by atoms with Crippen LogP contribution in [0.3, 0.4) is 0 Å². The fourth-order valence-electron chi connectivity index (χ4n) is 1.08. The van der Waals surface area contributed by atoms with E-state index >= 15 is 0 Å². The zero-order valence-electron chi connectivity index (χ0n) is 9.14. The van der Waals surface area contributed by atoms with E-state index in [-0.39, 0.29) is 5.84 Å². The molecule has 1 rings (SSSR count). The Morgan fingerprint density at radius 1 is 1.53 bits per heavy atom. The molecule has 0 bridgehead atoms. The number of amidine groups is 1. The Bertz CT molecular complexity index is 436. The minimum atomic E-state index is -0.581. The van der Waals surface area contributed by atoms with E-state index < -0.39 is 12.1 Å². The molecule has 0 fully saturated rings. The summed E-state index contributed by atoms with van der Waals surface area (Å²) in [6, 6.07) is 5.75. The zero-order chi connectivity index (χ0) is 12.8. The van der Waals surface area contributed by atoms with Crippen molar-refractivity contribution in [2.24, 2.45) is 10.9 Å². The molecule has 0 spiro atoms. The van der Waals surface area contributed by atoms with Gasteiger partial charge in [0.1, 0.15) is 0 Å². The first-order valence-corrected chi connectivity index (χ1v) is 5.22. The van der Waals surface area contributed by atoms with Gasteiger partial charge in [-0.25, -0.2) is 4.79 Å². The quantitative estimate of drug-likeness (QED) is 0.286. The molecule has 6 nitrogen and oxygen atoms in total. The molecule has 92 valence electrons. The largest absolute Gasteiger partial charge is 0.409 e. The molecule has 0 aliphatic carbocycles. The number of hydrogen-bond donors (Lipinski definition) is 4. The van der Waals surface area contributed by atoms with Gasteiger partial charge in [0.15, 0.2) is 5.84 Å². The number of carbonyl (C=O) groups excluding carboxylic acids is 1. The Morgan fingerprint density at radius 2 is 2.18 bits per heavy atom. The standard InChI is InChI=1S/C10H13ClN4O2/c1-6(9(12)15-17)13-10(16)14-8-5-3-2-4-7(8)11/h2-6,17H,1H3,(H2,12,15)(H2,13,14,16). The van der Waals surface area contributed by atoms with E-state index in [2.05, 4.69) is 15.8 Å². The number of hydrogen-bond acceptors (Lipinski definition) is 3. The van der Waals surface area contributed by atoms with Gasteiger partial charge in [-0.1, -0.05) is 28.9 Å². The molecule has 1 atom stereocenters. The van der Waals surface area contributed by atoms with Crippen LogP contribution in [0.15, 0.2) is 29.4 Å². The summed E-state index contributed by atoms with van der Waals surface area (Å²) in [5.74, 6) is -0.0840. The number of rotatable bonds is 3. The first kappa shape index (κ1) is 13.1. The van der Waals surface area contributed by atoms with E-state index in [0.717, 1.165) is 0 Å². The van der Waals surface area contributed by atoms with Crippen LogP contribution in [-0.2, 0) is 0 Å². The summed E-state index contributed by atoms with van der Waals surface area (Å²) < 4.78 is 0. The van der Waals surface area contributed by atoms with E-state index in [9.17, 15) is 4.79 Å². The van der Waals surface area contributed by atoms with Crippen LogP contribution in [0.5, 0.6) is 0 Å². The lowest BCUT2D eigenvalue weighted by atomic mass is 10.3. The van der Waals surface area contributed by atoms with Crippen molar-refractivity contribution < 1.29 is 10.0 Å². The molecule has 0 saturated heterocycles. The molecule has 0 saturated carbocycles. The first-order valence-electron chi connectivity index (χ1n) is 4.84. The Morgan fingerprint density at radius 3 is 2.76 bits per heavy atom. The molecular weight excluding hydrogens is 244 g/mol. The second-order valence-electron chi connectivity index (χ2n) is 3.32. The van der Waals surface area contributed by atoms with Crippen molar-refractivity contribution in [2.75, 3.05) is 5.32 Å². The topological polar surface area (TPSA) is 99.7 Å². The van der Waals surface area contributed by atoms with Gasteiger partial charge in [-0.2, -0.15) is 0 Å². The third-order valence-electron chi connectivity index (χ3n) is 2.03. The molecule has 0 aliphatic heterocycles. The van der Waals surface area contributed by atoms with E-state index in [1.807, 2.05) is 0 Å². The van der Waals surface area contributed by atoms with E-state index in [0.29, 0.717) is 10.7 Å². The Labute approximate surface area is 103 Å². The van der Waals surface area contributed by atoms with E-state index in [1.54, 1.807) is 31.2 Å². The maximum absolute atomic E-state index is 11.5. The lowest BCUT2D eigenvalue weighted by Crippen LogP contribution is -2.44. The first-order chi connectivity index (χ1) is 8.04. The summed E-state index contributed by atoms with van der Waals surface area (Å²) in [6.45, 7) is 1.58. The number of nitrogens with one attached hydrogen (secondary N) is 2. The molecule has 1 aromatic carbocycles. The number of urea groups is 1. The number of anilines is 1. The fraction of sp³-hybridized carbons (Fsp3) is 0.200. The summed E-state index contributed by atoms with van der Waals surface area (Å²) in [7, 11) is 0. The fourth-order valence-corrected chi connectivity index (χ4v) is 1.26. The molecule has 0 aromatic heterocycles. The minimum absolute atomic E-state index is 0.0840.